The number of hydrogen-bond donors (Lipinski definition) is 3. The fraction of sp³-hybridized carbons (Fsp3) is 0.182. The molecule has 0 amide bonds. The van der Waals surface area contributed by atoms with Crippen molar-refractivity contribution in [3.63, 3.8) is 0 Å². The molecule has 0 bridgehead atoms. The Morgan fingerprint density at radius 3 is 2.88 bits per heavy atom. The van der Waals surface area contributed by atoms with Crippen LogP contribution in [0.25, 0.3) is 10.9 Å². The Labute approximate surface area is 183 Å². The minimum atomic E-state index is -0.291. The summed E-state index contributed by atoms with van der Waals surface area (Å²) < 4.78 is 19.0. The van der Waals surface area contributed by atoms with Gasteiger partial charge in [0.05, 0.1) is 25.5 Å². The predicted molar refractivity (Wildman–Crippen MR) is 121 cm³/mol. The van der Waals surface area contributed by atoms with Crippen LogP contribution in [-0.4, -0.2) is 45.9 Å². The van der Waals surface area contributed by atoms with Crippen LogP contribution in [-0.2, 0) is 4.74 Å². The Balaban J connectivity index is 1.38. The van der Waals surface area contributed by atoms with Crippen LogP contribution in [0.5, 0.6) is 0 Å². The second kappa shape index (κ2) is 8.60. The Kier molecular flexibility index (Phi) is 5.34. The zero-order valence-electron chi connectivity index (χ0n) is 17.1. The number of ether oxygens (including phenoxy) is 1. The fourth-order valence-electron chi connectivity index (χ4n) is 3.72. The van der Waals surface area contributed by atoms with Crippen LogP contribution in [0.1, 0.15) is 17.2 Å². The number of benzene rings is 2. The molecule has 9 nitrogen and oxygen atoms in total. The molecule has 2 aromatic heterocycles. The van der Waals surface area contributed by atoms with Gasteiger partial charge in [0.1, 0.15) is 5.82 Å². The lowest BCUT2D eigenvalue weighted by Crippen LogP contribution is -2.40. The third-order valence-electron chi connectivity index (χ3n) is 5.27. The van der Waals surface area contributed by atoms with Crippen LogP contribution >= 0.6 is 0 Å². The SMILES string of the molecule is Nc1nc(N/N=C/c2c[nH]c3ccccc23)nc(N2CCOCC2c2ccc(F)cc2)n1. The van der Waals surface area contributed by atoms with Gasteiger partial charge in [0, 0.05) is 29.2 Å². The molecule has 0 saturated carbocycles. The largest absolute Gasteiger partial charge is 0.377 e. The van der Waals surface area contributed by atoms with Gasteiger partial charge in [-0.3, -0.25) is 0 Å². The number of nitrogen functional groups attached to an aromatic ring is 1. The Bertz CT molecular complexity index is 1260. The van der Waals surface area contributed by atoms with Crippen LogP contribution in [0.4, 0.5) is 22.2 Å². The summed E-state index contributed by atoms with van der Waals surface area (Å²) in [4.78, 5) is 18.1. The highest BCUT2D eigenvalue weighted by Crippen LogP contribution is 2.28. The first-order chi connectivity index (χ1) is 15.7. The van der Waals surface area contributed by atoms with E-state index in [0.29, 0.717) is 25.7 Å². The molecule has 1 atom stereocenters. The number of fused-ring (bicyclic) bond motifs is 1. The van der Waals surface area contributed by atoms with Gasteiger partial charge in [-0.05, 0) is 23.8 Å². The van der Waals surface area contributed by atoms with Crippen molar-refractivity contribution in [1.29, 1.82) is 0 Å². The smallest absolute Gasteiger partial charge is 0.250 e. The van der Waals surface area contributed by atoms with Crippen LogP contribution < -0.4 is 16.1 Å². The average Bonchev–Trinajstić information content (AvgIpc) is 3.22. The molecule has 1 aliphatic rings. The molecule has 1 fully saturated rings. The van der Waals surface area contributed by atoms with Crippen molar-refractivity contribution in [3.05, 3.63) is 71.7 Å². The zero-order valence-corrected chi connectivity index (χ0v) is 17.1. The molecule has 3 heterocycles. The summed E-state index contributed by atoms with van der Waals surface area (Å²) >= 11 is 0. The summed E-state index contributed by atoms with van der Waals surface area (Å²) in [6.45, 7) is 1.51. The number of aromatic nitrogens is 4. The summed E-state index contributed by atoms with van der Waals surface area (Å²) in [7, 11) is 0. The second-order valence-electron chi connectivity index (χ2n) is 7.31. The molecule has 0 spiro atoms. The van der Waals surface area contributed by atoms with Crippen molar-refractivity contribution >= 4 is 35.0 Å². The lowest BCUT2D eigenvalue weighted by molar-refractivity contribution is 0.0932. The van der Waals surface area contributed by atoms with Crippen LogP contribution in [0, 0.1) is 5.82 Å². The number of nitrogens with zero attached hydrogens (tertiary/aromatic N) is 5. The molecule has 162 valence electrons. The van der Waals surface area contributed by atoms with E-state index in [9.17, 15) is 4.39 Å². The lowest BCUT2D eigenvalue weighted by atomic mass is 10.1. The number of para-hydroxylation sites is 1. The summed E-state index contributed by atoms with van der Waals surface area (Å²) in [5, 5.41) is 5.32. The van der Waals surface area contributed by atoms with Gasteiger partial charge in [0.15, 0.2) is 0 Å². The van der Waals surface area contributed by atoms with Crippen LogP contribution in [0.2, 0.25) is 0 Å². The van der Waals surface area contributed by atoms with Crippen molar-refractivity contribution in [2.24, 2.45) is 5.10 Å². The molecule has 1 saturated heterocycles. The van der Waals surface area contributed by atoms with Crippen molar-refractivity contribution in [3.8, 4) is 0 Å². The minimum Gasteiger partial charge on any atom is -0.377 e. The highest BCUT2D eigenvalue weighted by Gasteiger charge is 2.27. The van der Waals surface area contributed by atoms with E-state index in [1.807, 2.05) is 35.4 Å². The predicted octanol–water partition coefficient (Wildman–Crippen LogP) is 3.10. The average molecular weight is 432 g/mol. The van der Waals surface area contributed by atoms with E-state index in [4.69, 9.17) is 10.5 Å². The van der Waals surface area contributed by atoms with E-state index >= 15 is 0 Å². The van der Waals surface area contributed by atoms with Gasteiger partial charge in [-0.2, -0.15) is 20.1 Å². The maximum atomic E-state index is 13.4. The molecule has 1 aliphatic heterocycles. The lowest BCUT2D eigenvalue weighted by Gasteiger charge is -2.35. The molecule has 0 radical (unpaired) electrons. The van der Waals surface area contributed by atoms with Crippen molar-refractivity contribution in [1.82, 2.24) is 19.9 Å². The number of nitrogens with one attached hydrogen (secondary N) is 2. The van der Waals surface area contributed by atoms with E-state index in [2.05, 4.69) is 30.5 Å². The quantitative estimate of drug-likeness (QED) is 0.328. The molecule has 32 heavy (non-hydrogen) atoms. The van der Waals surface area contributed by atoms with E-state index in [0.717, 1.165) is 22.0 Å². The van der Waals surface area contributed by atoms with Crippen molar-refractivity contribution in [2.75, 3.05) is 35.8 Å². The molecule has 4 aromatic rings. The first-order valence-electron chi connectivity index (χ1n) is 10.1. The van der Waals surface area contributed by atoms with Crippen molar-refractivity contribution in [2.45, 2.75) is 6.04 Å². The van der Waals surface area contributed by atoms with Crippen LogP contribution in [0.3, 0.4) is 0 Å². The first-order valence-corrected chi connectivity index (χ1v) is 10.1. The molecule has 2 aromatic carbocycles. The Morgan fingerprint density at radius 1 is 1.16 bits per heavy atom. The number of anilines is 3. The van der Waals surface area contributed by atoms with Gasteiger partial charge in [-0.15, -0.1) is 0 Å². The molecule has 5 rings (SSSR count). The molecule has 0 aliphatic carbocycles. The third-order valence-corrected chi connectivity index (χ3v) is 5.27. The molecule has 4 N–H and O–H groups in total. The number of nitrogens with two attached hydrogens (primary N) is 1. The summed E-state index contributed by atoms with van der Waals surface area (Å²) in [6, 6.07) is 14.1. The van der Waals surface area contributed by atoms with E-state index < -0.39 is 0 Å². The number of halogens is 1. The highest BCUT2D eigenvalue weighted by molar-refractivity contribution is 5.99. The number of hydrogen-bond acceptors (Lipinski definition) is 8. The molecular formula is C22H21FN8O. The number of morpholine rings is 1. The Morgan fingerprint density at radius 2 is 2.00 bits per heavy atom. The Hall–Kier alpha value is -4.05. The standard InChI is InChI=1S/C22H21FN8O/c23-16-7-5-14(6-8-16)19-13-32-10-9-31(19)22-28-20(24)27-21(29-22)30-26-12-15-11-25-18-4-2-1-3-17(15)18/h1-8,11-12,19,25H,9-10,13H2,(H3,24,27,28,29,30)/b26-12+. The highest BCUT2D eigenvalue weighted by atomic mass is 19.1. The summed E-state index contributed by atoms with van der Waals surface area (Å²) in [5.74, 6) is 0.415. The fourth-order valence-corrected chi connectivity index (χ4v) is 3.72. The number of hydrazone groups is 1. The molecule has 10 heteroatoms. The number of aromatic amines is 1. The summed E-state index contributed by atoms with van der Waals surface area (Å²) in [5.41, 5.74) is 11.6. The minimum absolute atomic E-state index is 0.0733. The van der Waals surface area contributed by atoms with Crippen LogP contribution in [0.15, 0.2) is 59.8 Å². The third kappa shape index (κ3) is 4.08. The number of rotatable bonds is 5. The second-order valence-corrected chi connectivity index (χ2v) is 7.31. The zero-order chi connectivity index (χ0) is 21.9. The van der Waals surface area contributed by atoms with E-state index in [1.54, 1.807) is 18.3 Å². The summed E-state index contributed by atoms with van der Waals surface area (Å²) in [6.07, 6.45) is 3.57. The van der Waals surface area contributed by atoms with Gasteiger partial charge in [-0.1, -0.05) is 30.3 Å². The maximum absolute atomic E-state index is 13.4. The van der Waals surface area contributed by atoms with Gasteiger partial charge in [-0.25, -0.2) is 9.82 Å². The monoisotopic (exact) mass is 432 g/mol. The normalized spacial score (nSPS) is 16.7. The van der Waals surface area contributed by atoms with Gasteiger partial charge < -0.3 is 20.4 Å². The van der Waals surface area contributed by atoms with Crippen molar-refractivity contribution < 1.29 is 9.13 Å². The molecule has 1 unspecified atom stereocenters. The topological polar surface area (TPSA) is 117 Å². The van der Waals surface area contributed by atoms with E-state index in [1.165, 1.54) is 12.1 Å². The first kappa shape index (κ1) is 19.9. The molecular weight excluding hydrogens is 411 g/mol. The number of H-pyrrole nitrogens is 1. The maximum Gasteiger partial charge on any atom is 0.250 e. The van der Waals surface area contributed by atoms with Gasteiger partial charge in [0.2, 0.25) is 17.8 Å². The van der Waals surface area contributed by atoms with E-state index in [-0.39, 0.29) is 23.8 Å². The van der Waals surface area contributed by atoms with Gasteiger partial charge in [0.25, 0.3) is 0 Å². The van der Waals surface area contributed by atoms with Gasteiger partial charge >= 0.3 is 0 Å².